The molecule has 0 bridgehead atoms. The maximum atomic E-state index is 6.19. The zero-order valence-corrected chi connectivity index (χ0v) is 13.5. The molecule has 106 valence electrons. The summed E-state index contributed by atoms with van der Waals surface area (Å²) in [5.74, 6) is 0. The van der Waals surface area contributed by atoms with E-state index in [1.807, 2.05) is 18.2 Å². The normalized spacial score (nSPS) is 12.3. The monoisotopic (exact) mass is 305 g/mol. The SMILES string of the molecule is CSc1ccc(CNC(C)Cc2ccccc2Cl)cc1. The average Bonchev–Trinajstić information content (AvgIpc) is 2.48. The standard InChI is InChI=1S/C17H20ClNS/c1-13(11-15-5-3-4-6-17(15)18)19-12-14-7-9-16(20-2)10-8-14/h3-10,13,19H,11-12H2,1-2H3. The fourth-order valence-electron chi connectivity index (χ4n) is 2.10. The Labute approximate surface area is 130 Å². The third-order valence-electron chi connectivity index (χ3n) is 3.30. The van der Waals surface area contributed by atoms with Crippen molar-refractivity contribution in [3.05, 3.63) is 64.7 Å². The minimum atomic E-state index is 0.398. The number of nitrogens with one attached hydrogen (secondary N) is 1. The third kappa shape index (κ3) is 4.55. The second-order valence-corrected chi connectivity index (χ2v) is 6.21. The summed E-state index contributed by atoms with van der Waals surface area (Å²) < 4.78 is 0. The van der Waals surface area contributed by atoms with Crippen molar-refractivity contribution in [2.45, 2.75) is 30.8 Å². The Kier molecular flexibility index (Phi) is 5.96. The van der Waals surface area contributed by atoms with Crippen LogP contribution >= 0.6 is 23.4 Å². The molecule has 0 aromatic heterocycles. The van der Waals surface area contributed by atoms with Gasteiger partial charge in [-0.05, 0) is 48.9 Å². The lowest BCUT2D eigenvalue weighted by atomic mass is 10.1. The fraction of sp³-hybridized carbons (Fsp3) is 0.294. The minimum Gasteiger partial charge on any atom is -0.310 e. The van der Waals surface area contributed by atoms with E-state index in [1.165, 1.54) is 16.0 Å². The Morgan fingerprint density at radius 3 is 2.45 bits per heavy atom. The van der Waals surface area contributed by atoms with Gasteiger partial charge in [-0.2, -0.15) is 0 Å². The van der Waals surface area contributed by atoms with Crippen LogP contribution in [0.4, 0.5) is 0 Å². The van der Waals surface area contributed by atoms with E-state index in [2.05, 4.69) is 48.8 Å². The van der Waals surface area contributed by atoms with Crippen LogP contribution in [0.15, 0.2) is 53.4 Å². The molecule has 1 atom stereocenters. The van der Waals surface area contributed by atoms with Crippen LogP contribution in [-0.4, -0.2) is 12.3 Å². The van der Waals surface area contributed by atoms with Gasteiger partial charge in [-0.1, -0.05) is 41.9 Å². The molecule has 0 aliphatic rings. The van der Waals surface area contributed by atoms with E-state index < -0.39 is 0 Å². The molecule has 2 rings (SSSR count). The van der Waals surface area contributed by atoms with Crippen LogP contribution < -0.4 is 5.32 Å². The van der Waals surface area contributed by atoms with Gasteiger partial charge in [0.1, 0.15) is 0 Å². The van der Waals surface area contributed by atoms with Gasteiger partial charge in [0, 0.05) is 22.5 Å². The van der Waals surface area contributed by atoms with Gasteiger partial charge in [-0.25, -0.2) is 0 Å². The molecule has 0 aliphatic carbocycles. The molecule has 0 spiro atoms. The first-order valence-corrected chi connectivity index (χ1v) is 8.39. The smallest absolute Gasteiger partial charge is 0.0438 e. The zero-order chi connectivity index (χ0) is 14.4. The van der Waals surface area contributed by atoms with Crippen LogP contribution in [0.5, 0.6) is 0 Å². The van der Waals surface area contributed by atoms with Crippen LogP contribution in [0.25, 0.3) is 0 Å². The van der Waals surface area contributed by atoms with E-state index in [-0.39, 0.29) is 0 Å². The molecule has 0 radical (unpaired) electrons. The lowest BCUT2D eigenvalue weighted by Gasteiger charge is -2.15. The Morgan fingerprint density at radius 1 is 1.10 bits per heavy atom. The third-order valence-corrected chi connectivity index (χ3v) is 4.41. The lowest BCUT2D eigenvalue weighted by molar-refractivity contribution is 0.545. The van der Waals surface area contributed by atoms with Crippen molar-refractivity contribution < 1.29 is 0 Å². The van der Waals surface area contributed by atoms with Gasteiger partial charge < -0.3 is 5.32 Å². The van der Waals surface area contributed by atoms with E-state index in [4.69, 9.17) is 11.6 Å². The zero-order valence-electron chi connectivity index (χ0n) is 11.9. The Hall–Kier alpha value is -0.960. The van der Waals surface area contributed by atoms with Gasteiger partial charge in [0.2, 0.25) is 0 Å². The first-order valence-electron chi connectivity index (χ1n) is 6.79. The maximum Gasteiger partial charge on any atom is 0.0438 e. The molecule has 2 aromatic carbocycles. The van der Waals surface area contributed by atoms with Crippen LogP contribution in [0.2, 0.25) is 5.02 Å². The molecule has 0 aliphatic heterocycles. The van der Waals surface area contributed by atoms with Crippen LogP contribution in [0, 0.1) is 0 Å². The predicted octanol–water partition coefficient (Wildman–Crippen LogP) is 4.78. The summed E-state index contributed by atoms with van der Waals surface area (Å²) in [6, 6.07) is 17.1. The highest BCUT2D eigenvalue weighted by molar-refractivity contribution is 7.98. The van der Waals surface area contributed by atoms with Crippen LogP contribution in [-0.2, 0) is 13.0 Å². The molecule has 20 heavy (non-hydrogen) atoms. The van der Waals surface area contributed by atoms with Gasteiger partial charge in [0.05, 0.1) is 0 Å². The quantitative estimate of drug-likeness (QED) is 0.771. The first-order chi connectivity index (χ1) is 9.69. The summed E-state index contributed by atoms with van der Waals surface area (Å²) in [6.07, 6.45) is 3.04. The van der Waals surface area contributed by atoms with Gasteiger partial charge in [-0.3, -0.25) is 0 Å². The van der Waals surface area contributed by atoms with Crippen molar-refractivity contribution in [1.82, 2.24) is 5.32 Å². The van der Waals surface area contributed by atoms with E-state index >= 15 is 0 Å². The highest BCUT2D eigenvalue weighted by Gasteiger charge is 2.06. The molecule has 0 amide bonds. The van der Waals surface area contributed by atoms with Gasteiger partial charge >= 0.3 is 0 Å². The van der Waals surface area contributed by atoms with Crippen molar-refractivity contribution in [1.29, 1.82) is 0 Å². The summed E-state index contributed by atoms with van der Waals surface area (Å²) in [7, 11) is 0. The Bertz CT molecular complexity index is 539. The molecule has 0 saturated heterocycles. The predicted molar refractivity (Wildman–Crippen MR) is 89.7 cm³/mol. The maximum absolute atomic E-state index is 6.19. The van der Waals surface area contributed by atoms with E-state index in [1.54, 1.807) is 11.8 Å². The summed E-state index contributed by atoms with van der Waals surface area (Å²) in [5, 5.41) is 4.40. The summed E-state index contributed by atoms with van der Waals surface area (Å²) in [5.41, 5.74) is 2.51. The number of rotatable bonds is 6. The molecule has 0 saturated carbocycles. The van der Waals surface area contributed by atoms with Crippen molar-refractivity contribution >= 4 is 23.4 Å². The van der Waals surface area contributed by atoms with Crippen molar-refractivity contribution in [2.75, 3.05) is 6.26 Å². The molecule has 1 unspecified atom stereocenters. The molecule has 0 heterocycles. The molecule has 2 aromatic rings. The number of benzene rings is 2. The lowest BCUT2D eigenvalue weighted by Crippen LogP contribution is -2.27. The number of thioether (sulfide) groups is 1. The molecule has 1 N–H and O–H groups in total. The van der Waals surface area contributed by atoms with E-state index in [9.17, 15) is 0 Å². The number of hydrogen-bond donors (Lipinski definition) is 1. The van der Waals surface area contributed by atoms with Crippen molar-refractivity contribution in [3.8, 4) is 0 Å². The molecule has 1 nitrogen and oxygen atoms in total. The largest absolute Gasteiger partial charge is 0.310 e. The fourth-order valence-corrected chi connectivity index (χ4v) is 2.72. The van der Waals surface area contributed by atoms with Crippen LogP contribution in [0.1, 0.15) is 18.1 Å². The highest BCUT2D eigenvalue weighted by atomic mass is 35.5. The van der Waals surface area contributed by atoms with Gasteiger partial charge in [0.15, 0.2) is 0 Å². The molecular weight excluding hydrogens is 286 g/mol. The summed E-state index contributed by atoms with van der Waals surface area (Å²) in [6.45, 7) is 3.08. The van der Waals surface area contributed by atoms with Gasteiger partial charge in [-0.15, -0.1) is 11.8 Å². The minimum absolute atomic E-state index is 0.398. The Balaban J connectivity index is 1.85. The molecule has 0 fully saturated rings. The number of halogens is 1. The number of hydrogen-bond acceptors (Lipinski definition) is 2. The van der Waals surface area contributed by atoms with Gasteiger partial charge in [0.25, 0.3) is 0 Å². The second kappa shape index (κ2) is 7.72. The van der Waals surface area contributed by atoms with E-state index in [0.29, 0.717) is 6.04 Å². The second-order valence-electron chi connectivity index (χ2n) is 4.93. The molecule has 3 heteroatoms. The topological polar surface area (TPSA) is 12.0 Å². The first kappa shape index (κ1) is 15.4. The highest BCUT2D eigenvalue weighted by Crippen LogP contribution is 2.17. The van der Waals surface area contributed by atoms with E-state index in [0.717, 1.165) is 18.0 Å². The Morgan fingerprint density at radius 2 is 1.80 bits per heavy atom. The van der Waals surface area contributed by atoms with Crippen molar-refractivity contribution in [2.24, 2.45) is 0 Å². The molecular formula is C17H20ClNS. The average molecular weight is 306 g/mol. The summed E-state index contributed by atoms with van der Waals surface area (Å²) >= 11 is 7.96. The summed E-state index contributed by atoms with van der Waals surface area (Å²) in [4.78, 5) is 1.30. The van der Waals surface area contributed by atoms with Crippen molar-refractivity contribution in [3.63, 3.8) is 0 Å². The van der Waals surface area contributed by atoms with Crippen LogP contribution in [0.3, 0.4) is 0 Å².